The van der Waals surface area contributed by atoms with E-state index in [1.807, 2.05) is 30.3 Å². The number of benzene rings is 3. The number of amides is 1. The van der Waals surface area contributed by atoms with Gasteiger partial charge >= 0.3 is 0 Å². The third kappa shape index (κ3) is 6.00. The topological polar surface area (TPSA) is 87.7 Å². The van der Waals surface area contributed by atoms with Crippen LogP contribution >= 0.6 is 11.6 Å². The first-order chi connectivity index (χ1) is 17.8. The molecule has 0 fully saturated rings. The molecular formula is C29H32ClN3O4. The molecule has 1 heterocycles. The minimum atomic E-state index is -0.202. The molecule has 1 aromatic heterocycles. The number of imidazole rings is 1. The van der Waals surface area contributed by atoms with Crippen molar-refractivity contribution in [2.45, 2.75) is 33.2 Å². The number of hydrogen-bond acceptors (Lipinski definition) is 5. The Balaban J connectivity index is 1.65. The number of rotatable bonds is 10. The molecular weight excluding hydrogens is 490 g/mol. The number of phenols is 1. The molecule has 8 heteroatoms. The summed E-state index contributed by atoms with van der Waals surface area (Å²) in [5.74, 6) is 1.94. The number of nitrogens with zero attached hydrogens (tertiary/aromatic N) is 2. The summed E-state index contributed by atoms with van der Waals surface area (Å²) in [6, 6.07) is 16.6. The molecule has 3 aromatic carbocycles. The van der Waals surface area contributed by atoms with Crippen molar-refractivity contribution >= 4 is 28.5 Å². The minimum absolute atomic E-state index is 0.202. The van der Waals surface area contributed by atoms with Gasteiger partial charge in [-0.1, -0.05) is 49.7 Å². The van der Waals surface area contributed by atoms with Crippen LogP contribution in [0.5, 0.6) is 17.2 Å². The van der Waals surface area contributed by atoms with E-state index in [9.17, 15) is 9.90 Å². The molecule has 4 aromatic rings. The van der Waals surface area contributed by atoms with E-state index in [0.29, 0.717) is 48.3 Å². The maximum atomic E-state index is 13.7. The second-order valence-corrected chi connectivity index (χ2v) is 9.79. The van der Waals surface area contributed by atoms with Crippen LogP contribution in [0.25, 0.3) is 11.0 Å². The van der Waals surface area contributed by atoms with Gasteiger partial charge in [-0.2, -0.15) is 0 Å². The number of methoxy groups -OCH3 is 2. The maximum Gasteiger partial charge on any atom is 0.255 e. The summed E-state index contributed by atoms with van der Waals surface area (Å²) < 4.78 is 10.7. The van der Waals surface area contributed by atoms with Crippen molar-refractivity contribution in [3.05, 3.63) is 82.1 Å². The number of para-hydroxylation sites is 1. The zero-order chi connectivity index (χ0) is 26.5. The van der Waals surface area contributed by atoms with Crippen molar-refractivity contribution in [3.8, 4) is 17.2 Å². The average Bonchev–Trinajstić information content (AvgIpc) is 3.29. The van der Waals surface area contributed by atoms with Gasteiger partial charge in [0, 0.05) is 6.54 Å². The number of phenolic OH excluding ortho intramolecular Hbond substituents is 1. The summed E-state index contributed by atoms with van der Waals surface area (Å²) in [5.41, 5.74) is 4.13. The Bertz CT molecular complexity index is 1400. The second kappa shape index (κ2) is 11.6. The number of aromatic hydroxyl groups is 1. The summed E-state index contributed by atoms with van der Waals surface area (Å²) in [5, 5.41) is 10.1. The number of ether oxygens (including phenoxy) is 2. The first-order valence-corrected chi connectivity index (χ1v) is 12.6. The Labute approximate surface area is 222 Å². The molecule has 0 aliphatic carbocycles. The predicted molar refractivity (Wildman–Crippen MR) is 146 cm³/mol. The average molecular weight is 522 g/mol. The number of hydrogen-bond donors (Lipinski definition) is 2. The first-order valence-electron chi connectivity index (χ1n) is 12.2. The Morgan fingerprint density at radius 3 is 2.59 bits per heavy atom. The van der Waals surface area contributed by atoms with Crippen LogP contribution in [0.2, 0.25) is 5.02 Å². The van der Waals surface area contributed by atoms with E-state index in [2.05, 4.69) is 18.8 Å². The Hall–Kier alpha value is -3.71. The smallest absolute Gasteiger partial charge is 0.255 e. The van der Waals surface area contributed by atoms with Crippen LogP contribution in [-0.4, -0.2) is 46.6 Å². The lowest BCUT2D eigenvalue weighted by molar-refractivity contribution is 0.0731. The van der Waals surface area contributed by atoms with E-state index in [1.54, 1.807) is 29.2 Å². The van der Waals surface area contributed by atoms with Gasteiger partial charge < -0.3 is 24.5 Å². The summed E-state index contributed by atoms with van der Waals surface area (Å²) in [6.07, 6.45) is 1.47. The van der Waals surface area contributed by atoms with E-state index in [0.717, 1.165) is 28.6 Å². The molecule has 7 nitrogen and oxygen atoms in total. The number of carbonyl (C=O) groups excluding carboxylic acids is 1. The highest BCUT2D eigenvalue weighted by Gasteiger charge is 2.24. The van der Waals surface area contributed by atoms with Crippen LogP contribution < -0.4 is 9.47 Å². The van der Waals surface area contributed by atoms with Gasteiger partial charge in [0.15, 0.2) is 11.5 Å². The number of halogens is 1. The lowest BCUT2D eigenvalue weighted by Crippen LogP contribution is -2.33. The molecule has 0 saturated heterocycles. The van der Waals surface area contributed by atoms with Crippen molar-refractivity contribution in [2.24, 2.45) is 5.92 Å². The number of aromatic amines is 1. The van der Waals surface area contributed by atoms with Crippen molar-refractivity contribution in [2.75, 3.05) is 20.8 Å². The monoisotopic (exact) mass is 521 g/mol. The van der Waals surface area contributed by atoms with Crippen LogP contribution in [0, 0.1) is 5.92 Å². The van der Waals surface area contributed by atoms with Crippen molar-refractivity contribution in [3.63, 3.8) is 0 Å². The van der Waals surface area contributed by atoms with Gasteiger partial charge in [0.2, 0.25) is 0 Å². The third-order valence-electron chi connectivity index (χ3n) is 6.27. The number of fused-ring (bicyclic) bond motifs is 1. The molecule has 0 saturated carbocycles. The Morgan fingerprint density at radius 2 is 1.89 bits per heavy atom. The van der Waals surface area contributed by atoms with Gasteiger partial charge in [-0.3, -0.25) is 4.79 Å². The van der Waals surface area contributed by atoms with E-state index in [-0.39, 0.29) is 16.7 Å². The highest BCUT2D eigenvalue weighted by molar-refractivity contribution is 6.35. The number of carbonyl (C=O) groups is 1. The van der Waals surface area contributed by atoms with Crippen LogP contribution in [0.3, 0.4) is 0 Å². The van der Waals surface area contributed by atoms with Crippen LogP contribution in [0.4, 0.5) is 0 Å². The van der Waals surface area contributed by atoms with Crippen molar-refractivity contribution in [1.29, 1.82) is 0 Å². The van der Waals surface area contributed by atoms with Gasteiger partial charge in [0.05, 0.1) is 42.4 Å². The molecule has 194 valence electrons. The standard InChI is InChI=1S/C29H32ClN3O4/c1-18(2)13-14-33(29(35)22-11-12-24(36-3)28(37-4)26(22)30)17-25-31-23-10-6-8-20(27(23)32-25)15-19-7-5-9-21(34)16-19/h5-12,16,18,34H,13-15,17H2,1-4H3,(H,31,32). The quantitative estimate of drug-likeness (QED) is 0.259. The fourth-order valence-electron chi connectivity index (χ4n) is 4.32. The van der Waals surface area contributed by atoms with E-state index >= 15 is 0 Å². The fraction of sp³-hybridized carbons (Fsp3) is 0.310. The zero-order valence-electron chi connectivity index (χ0n) is 21.5. The number of nitrogens with one attached hydrogen (secondary N) is 1. The van der Waals surface area contributed by atoms with Crippen LogP contribution in [-0.2, 0) is 13.0 Å². The van der Waals surface area contributed by atoms with Crippen molar-refractivity contribution in [1.82, 2.24) is 14.9 Å². The molecule has 0 spiro atoms. The molecule has 2 N–H and O–H groups in total. The predicted octanol–water partition coefficient (Wildman–Crippen LogP) is 6.22. The molecule has 0 aliphatic heterocycles. The minimum Gasteiger partial charge on any atom is -0.508 e. The summed E-state index contributed by atoms with van der Waals surface area (Å²) >= 11 is 6.58. The Kier molecular flexibility index (Phi) is 8.24. The molecule has 0 radical (unpaired) electrons. The first kappa shape index (κ1) is 26.4. The van der Waals surface area contributed by atoms with Gasteiger partial charge in [0.25, 0.3) is 5.91 Å². The maximum absolute atomic E-state index is 13.7. The lowest BCUT2D eigenvalue weighted by atomic mass is 10.0. The third-order valence-corrected chi connectivity index (χ3v) is 6.65. The molecule has 4 rings (SSSR count). The van der Waals surface area contributed by atoms with Gasteiger partial charge in [-0.25, -0.2) is 4.98 Å². The molecule has 0 unspecified atom stereocenters. The van der Waals surface area contributed by atoms with Crippen LogP contribution in [0.1, 0.15) is 47.6 Å². The summed E-state index contributed by atoms with van der Waals surface area (Å²) in [4.78, 5) is 23.7. The molecule has 0 bridgehead atoms. The summed E-state index contributed by atoms with van der Waals surface area (Å²) in [7, 11) is 3.03. The van der Waals surface area contributed by atoms with E-state index < -0.39 is 0 Å². The Morgan fingerprint density at radius 1 is 1.11 bits per heavy atom. The van der Waals surface area contributed by atoms with E-state index in [4.69, 9.17) is 26.1 Å². The molecule has 37 heavy (non-hydrogen) atoms. The lowest BCUT2D eigenvalue weighted by Gasteiger charge is -2.24. The van der Waals surface area contributed by atoms with Crippen LogP contribution in [0.15, 0.2) is 54.6 Å². The molecule has 0 atom stereocenters. The number of aromatic nitrogens is 2. The molecule has 0 aliphatic rings. The van der Waals surface area contributed by atoms with E-state index in [1.165, 1.54) is 14.2 Å². The van der Waals surface area contributed by atoms with Crippen molar-refractivity contribution < 1.29 is 19.4 Å². The zero-order valence-corrected chi connectivity index (χ0v) is 22.3. The molecule has 1 amide bonds. The fourth-order valence-corrected chi connectivity index (χ4v) is 4.63. The largest absolute Gasteiger partial charge is 0.508 e. The normalized spacial score (nSPS) is 11.2. The SMILES string of the molecule is COc1ccc(C(=O)N(CCC(C)C)Cc2nc3c(Cc4cccc(O)c4)cccc3[nH]2)c(Cl)c1OC. The van der Waals surface area contributed by atoms with Gasteiger partial charge in [0.1, 0.15) is 11.6 Å². The summed E-state index contributed by atoms with van der Waals surface area (Å²) in [6.45, 7) is 5.10. The second-order valence-electron chi connectivity index (χ2n) is 9.42. The highest BCUT2D eigenvalue weighted by atomic mass is 35.5. The van der Waals surface area contributed by atoms with Gasteiger partial charge in [-0.05, 0) is 60.2 Å². The number of H-pyrrole nitrogens is 1. The van der Waals surface area contributed by atoms with Gasteiger partial charge in [-0.15, -0.1) is 0 Å². The highest BCUT2D eigenvalue weighted by Crippen LogP contribution is 2.38.